The molecule has 0 unspecified atom stereocenters. The molecule has 0 N–H and O–H groups in total. The molecule has 0 amide bonds. The molecule has 0 aromatic carbocycles. The van der Waals surface area contributed by atoms with Crippen molar-refractivity contribution in [1.82, 2.24) is 10.2 Å². The van der Waals surface area contributed by atoms with E-state index in [0.717, 1.165) is 17.8 Å². The first-order chi connectivity index (χ1) is 6.39. The summed E-state index contributed by atoms with van der Waals surface area (Å²) in [6, 6.07) is 4.18. The Bertz CT molecular complexity index is 280. The highest BCUT2D eigenvalue weighted by Gasteiger charge is 2.15. The van der Waals surface area contributed by atoms with Gasteiger partial charge in [0.05, 0.1) is 11.4 Å². The molecule has 0 aliphatic rings. The fraction of sp³-hybridized carbons (Fsp3) is 0.667. The Balaban J connectivity index is 2.79. The van der Waals surface area contributed by atoms with Crippen LogP contribution < -0.4 is 0 Å². The Morgan fingerprint density at radius 2 is 1.79 bits per heavy atom. The quantitative estimate of drug-likeness (QED) is 0.720. The first kappa shape index (κ1) is 11.2. The highest BCUT2D eigenvalue weighted by molar-refractivity contribution is 5.14. The van der Waals surface area contributed by atoms with Crippen molar-refractivity contribution in [3.63, 3.8) is 0 Å². The van der Waals surface area contributed by atoms with E-state index in [-0.39, 0.29) is 5.41 Å². The number of hydrogen-bond donors (Lipinski definition) is 0. The lowest BCUT2D eigenvalue weighted by atomic mass is 9.92. The van der Waals surface area contributed by atoms with Gasteiger partial charge in [0.2, 0.25) is 0 Å². The van der Waals surface area contributed by atoms with E-state index in [1.165, 1.54) is 0 Å². The fourth-order valence-corrected chi connectivity index (χ4v) is 1.29. The molecule has 0 radical (unpaired) electrons. The van der Waals surface area contributed by atoms with Gasteiger partial charge in [0.1, 0.15) is 0 Å². The summed E-state index contributed by atoms with van der Waals surface area (Å²) in [6.45, 7) is 10.8. The van der Waals surface area contributed by atoms with Crippen LogP contribution in [0.15, 0.2) is 12.1 Å². The zero-order valence-electron chi connectivity index (χ0n) is 9.83. The van der Waals surface area contributed by atoms with E-state index in [1.54, 1.807) is 0 Å². The van der Waals surface area contributed by atoms with Crippen LogP contribution in [0.3, 0.4) is 0 Å². The van der Waals surface area contributed by atoms with E-state index in [1.807, 2.05) is 0 Å². The van der Waals surface area contributed by atoms with Crippen molar-refractivity contribution in [1.29, 1.82) is 0 Å². The van der Waals surface area contributed by atoms with Crippen LogP contribution in [0.25, 0.3) is 0 Å². The first-order valence-corrected chi connectivity index (χ1v) is 5.22. The molecule has 0 aliphatic carbocycles. The lowest BCUT2D eigenvalue weighted by molar-refractivity contribution is 0.551. The standard InChI is InChI=1S/C12H20N2/c1-9(2)8-10-6-7-11(14-13-10)12(3,4)5/h6-7,9H,8H2,1-5H3. The molecule has 0 bridgehead atoms. The van der Waals surface area contributed by atoms with E-state index in [0.29, 0.717) is 5.92 Å². The van der Waals surface area contributed by atoms with Gasteiger partial charge in [-0.25, -0.2) is 0 Å². The van der Waals surface area contributed by atoms with Crippen LogP contribution in [0.2, 0.25) is 0 Å². The lowest BCUT2D eigenvalue weighted by Crippen LogP contribution is -2.14. The molecule has 0 fully saturated rings. The molecule has 0 spiro atoms. The topological polar surface area (TPSA) is 25.8 Å². The highest BCUT2D eigenvalue weighted by Crippen LogP contribution is 2.19. The maximum absolute atomic E-state index is 4.25. The molecule has 1 aromatic rings. The van der Waals surface area contributed by atoms with Gasteiger partial charge in [0, 0.05) is 5.41 Å². The van der Waals surface area contributed by atoms with Crippen LogP contribution in [-0.4, -0.2) is 10.2 Å². The lowest BCUT2D eigenvalue weighted by Gasteiger charge is -2.16. The van der Waals surface area contributed by atoms with Crippen LogP contribution in [0.4, 0.5) is 0 Å². The van der Waals surface area contributed by atoms with Crippen molar-refractivity contribution in [3.8, 4) is 0 Å². The van der Waals surface area contributed by atoms with Crippen molar-refractivity contribution >= 4 is 0 Å². The molecule has 0 atom stereocenters. The average Bonchev–Trinajstić information content (AvgIpc) is 2.02. The molecular formula is C12H20N2. The van der Waals surface area contributed by atoms with Crippen molar-refractivity contribution < 1.29 is 0 Å². The van der Waals surface area contributed by atoms with Crippen LogP contribution in [0.1, 0.15) is 46.0 Å². The number of nitrogens with zero attached hydrogens (tertiary/aromatic N) is 2. The van der Waals surface area contributed by atoms with Crippen LogP contribution in [-0.2, 0) is 11.8 Å². The maximum atomic E-state index is 4.25. The first-order valence-electron chi connectivity index (χ1n) is 5.22. The van der Waals surface area contributed by atoms with E-state index in [2.05, 4.69) is 56.9 Å². The van der Waals surface area contributed by atoms with Gasteiger partial charge in [-0.1, -0.05) is 34.6 Å². The minimum absolute atomic E-state index is 0.101. The number of rotatable bonds is 2. The molecular weight excluding hydrogens is 172 g/mol. The van der Waals surface area contributed by atoms with Gasteiger partial charge in [-0.2, -0.15) is 10.2 Å². The van der Waals surface area contributed by atoms with Crippen molar-refractivity contribution in [2.75, 3.05) is 0 Å². The van der Waals surface area contributed by atoms with Crippen molar-refractivity contribution in [2.45, 2.75) is 46.5 Å². The van der Waals surface area contributed by atoms with Crippen LogP contribution in [0.5, 0.6) is 0 Å². The van der Waals surface area contributed by atoms with Crippen LogP contribution in [0, 0.1) is 5.92 Å². The van der Waals surface area contributed by atoms with Gasteiger partial charge in [0.15, 0.2) is 0 Å². The second-order valence-electron chi connectivity index (χ2n) is 5.26. The third-order valence-electron chi connectivity index (χ3n) is 2.11. The van der Waals surface area contributed by atoms with Gasteiger partial charge in [0.25, 0.3) is 0 Å². The summed E-state index contributed by atoms with van der Waals surface area (Å²) in [5.41, 5.74) is 2.25. The molecule has 14 heavy (non-hydrogen) atoms. The molecule has 2 heteroatoms. The van der Waals surface area contributed by atoms with Crippen molar-refractivity contribution in [3.05, 3.63) is 23.5 Å². The van der Waals surface area contributed by atoms with E-state index in [4.69, 9.17) is 0 Å². The zero-order chi connectivity index (χ0) is 10.8. The summed E-state index contributed by atoms with van der Waals surface area (Å²) >= 11 is 0. The third-order valence-corrected chi connectivity index (χ3v) is 2.11. The fourth-order valence-electron chi connectivity index (χ4n) is 1.29. The summed E-state index contributed by atoms with van der Waals surface area (Å²) < 4.78 is 0. The SMILES string of the molecule is CC(C)Cc1ccc(C(C)(C)C)nn1. The van der Waals surface area contributed by atoms with Gasteiger partial charge >= 0.3 is 0 Å². The van der Waals surface area contributed by atoms with Gasteiger partial charge < -0.3 is 0 Å². The smallest absolute Gasteiger partial charge is 0.0684 e. The molecule has 0 aliphatic heterocycles. The largest absolute Gasteiger partial charge is 0.155 e. The molecule has 78 valence electrons. The number of aromatic nitrogens is 2. The second kappa shape index (κ2) is 4.07. The van der Waals surface area contributed by atoms with Gasteiger partial charge in [-0.15, -0.1) is 0 Å². The predicted molar refractivity (Wildman–Crippen MR) is 59.3 cm³/mol. The minimum atomic E-state index is 0.101. The predicted octanol–water partition coefficient (Wildman–Crippen LogP) is 2.97. The summed E-state index contributed by atoms with van der Waals surface area (Å²) in [5.74, 6) is 0.643. The summed E-state index contributed by atoms with van der Waals surface area (Å²) in [4.78, 5) is 0. The minimum Gasteiger partial charge on any atom is -0.155 e. The maximum Gasteiger partial charge on any atom is 0.0684 e. The Labute approximate surface area is 86.8 Å². The van der Waals surface area contributed by atoms with Gasteiger partial charge in [-0.3, -0.25) is 0 Å². The third kappa shape index (κ3) is 3.09. The second-order valence-corrected chi connectivity index (χ2v) is 5.26. The summed E-state index contributed by atoms with van der Waals surface area (Å²) in [5, 5.41) is 8.49. The van der Waals surface area contributed by atoms with E-state index in [9.17, 15) is 0 Å². The van der Waals surface area contributed by atoms with Crippen molar-refractivity contribution in [2.24, 2.45) is 5.92 Å². The normalized spacial score (nSPS) is 12.1. The highest BCUT2D eigenvalue weighted by atomic mass is 15.1. The molecule has 1 aromatic heterocycles. The summed E-state index contributed by atoms with van der Waals surface area (Å²) in [6.07, 6.45) is 1.01. The number of hydrogen-bond acceptors (Lipinski definition) is 2. The van der Waals surface area contributed by atoms with Crippen LogP contribution >= 0.6 is 0 Å². The molecule has 0 saturated carbocycles. The van der Waals surface area contributed by atoms with E-state index < -0.39 is 0 Å². The Kier molecular flexibility index (Phi) is 3.25. The van der Waals surface area contributed by atoms with Gasteiger partial charge in [-0.05, 0) is 24.5 Å². The zero-order valence-corrected chi connectivity index (χ0v) is 9.83. The monoisotopic (exact) mass is 192 g/mol. The Morgan fingerprint density at radius 3 is 2.14 bits per heavy atom. The Morgan fingerprint density at radius 1 is 1.14 bits per heavy atom. The Hall–Kier alpha value is -0.920. The van der Waals surface area contributed by atoms with E-state index >= 15 is 0 Å². The molecule has 2 nitrogen and oxygen atoms in total. The molecule has 1 rings (SSSR count). The molecule has 1 heterocycles. The average molecular weight is 192 g/mol. The summed E-state index contributed by atoms with van der Waals surface area (Å²) in [7, 11) is 0. The molecule has 0 saturated heterocycles.